The first-order valence-electron chi connectivity index (χ1n) is 7.02. The summed E-state index contributed by atoms with van der Waals surface area (Å²) in [5.41, 5.74) is 2.43. The van der Waals surface area contributed by atoms with Crippen molar-refractivity contribution in [3.8, 4) is 5.75 Å². The van der Waals surface area contributed by atoms with Crippen LogP contribution in [0, 0.1) is 6.92 Å². The van der Waals surface area contributed by atoms with Gasteiger partial charge in [-0.1, -0.05) is 51.5 Å². The number of benzene rings is 1. The molecule has 1 heteroatoms. The molecule has 96 valence electrons. The van der Waals surface area contributed by atoms with E-state index in [0.29, 0.717) is 5.75 Å². The standard InChI is InChI=1S/C16H26O/c1-3-4-5-6-7-8-9-10-15-11-14(2)12-16(17)13-15/h11-13,17H,3-10H2,1-2H3. The van der Waals surface area contributed by atoms with Crippen LogP contribution in [-0.4, -0.2) is 5.11 Å². The van der Waals surface area contributed by atoms with E-state index < -0.39 is 0 Å². The third-order valence-corrected chi connectivity index (χ3v) is 3.19. The van der Waals surface area contributed by atoms with Gasteiger partial charge in [0.15, 0.2) is 0 Å². The minimum absolute atomic E-state index is 0.406. The summed E-state index contributed by atoms with van der Waals surface area (Å²) in [5, 5.41) is 9.49. The van der Waals surface area contributed by atoms with Gasteiger partial charge in [0.1, 0.15) is 5.75 Å². The molecule has 0 aliphatic heterocycles. The van der Waals surface area contributed by atoms with Gasteiger partial charge in [-0.25, -0.2) is 0 Å². The molecule has 0 fully saturated rings. The van der Waals surface area contributed by atoms with E-state index in [-0.39, 0.29) is 0 Å². The normalized spacial score (nSPS) is 10.7. The van der Waals surface area contributed by atoms with Crippen LogP contribution in [0.15, 0.2) is 18.2 Å². The minimum atomic E-state index is 0.406. The Morgan fingerprint density at radius 1 is 0.882 bits per heavy atom. The summed E-state index contributed by atoms with van der Waals surface area (Å²) >= 11 is 0. The number of unbranched alkanes of at least 4 members (excludes halogenated alkanes) is 6. The zero-order chi connectivity index (χ0) is 12.5. The minimum Gasteiger partial charge on any atom is -0.508 e. The average Bonchev–Trinajstić information content (AvgIpc) is 2.26. The van der Waals surface area contributed by atoms with Gasteiger partial charge in [0.05, 0.1) is 0 Å². The SMILES string of the molecule is CCCCCCCCCc1cc(C)cc(O)c1. The number of aryl methyl sites for hydroxylation is 2. The molecule has 1 N–H and O–H groups in total. The quantitative estimate of drug-likeness (QED) is 0.628. The molecule has 0 atom stereocenters. The summed E-state index contributed by atoms with van der Waals surface area (Å²) in [5.74, 6) is 0.406. The summed E-state index contributed by atoms with van der Waals surface area (Å²) in [6, 6.07) is 5.88. The molecule has 0 heterocycles. The second-order valence-electron chi connectivity index (χ2n) is 5.05. The lowest BCUT2D eigenvalue weighted by Crippen LogP contribution is -1.87. The van der Waals surface area contributed by atoms with Crippen LogP contribution in [0.1, 0.15) is 63.0 Å². The molecule has 0 saturated carbocycles. The molecule has 0 amide bonds. The lowest BCUT2D eigenvalue weighted by molar-refractivity contribution is 0.474. The Labute approximate surface area is 106 Å². The van der Waals surface area contributed by atoms with Crippen LogP contribution >= 0.6 is 0 Å². The zero-order valence-corrected chi connectivity index (χ0v) is 11.3. The fourth-order valence-electron chi connectivity index (χ4n) is 2.27. The average molecular weight is 234 g/mol. The molecule has 0 unspecified atom stereocenters. The third-order valence-electron chi connectivity index (χ3n) is 3.19. The molecule has 0 bridgehead atoms. The van der Waals surface area contributed by atoms with Crippen LogP contribution < -0.4 is 0 Å². The Morgan fingerprint density at radius 3 is 2.18 bits per heavy atom. The van der Waals surface area contributed by atoms with Gasteiger partial charge in [0, 0.05) is 0 Å². The fourth-order valence-corrected chi connectivity index (χ4v) is 2.27. The maximum absolute atomic E-state index is 9.49. The van der Waals surface area contributed by atoms with Crippen LogP contribution in [-0.2, 0) is 6.42 Å². The Bertz CT molecular complexity index is 297. The van der Waals surface area contributed by atoms with E-state index in [1.807, 2.05) is 19.1 Å². The molecule has 0 aromatic heterocycles. The van der Waals surface area contributed by atoms with Crippen molar-refractivity contribution < 1.29 is 5.11 Å². The van der Waals surface area contributed by atoms with E-state index in [2.05, 4.69) is 13.0 Å². The number of phenols is 1. The van der Waals surface area contributed by atoms with E-state index in [9.17, 15) is 5.11 Å². The van der Waals surface area contributed by atoms with Gasteiger partial charge in [-0.2, -0.15) is 0 Å². The van der Waals surface area contributed by atoms with Crippen LogP contribution in [0.3, 0.4) is 0 Å². The van der Waals surface area contributed by atoms with Crippen molar-refractivity contribution in [2.75, 3.05) is 0 Å². The number of phenolic OH excluding ortho intramolecular Hbond substituents is 1. The van der Waals surface area contributed by atoms with E-state index in [1.165, 1.54) is 50.5 Å². The number of aromatic hydroxyl groups is 1. The molecule has 1 aromatic carbocycles. The van der Waals surface area contributed by atoms with Gasteiger partial charge < -0.3 is 5.11 Å². The highest BCUT2D eigenvalue weighted by Crippen LogP contribution is 2.17. The van der Waals surface area contributed by atoms with Crippen LogP contribution in [0.2, 0.25) is 0 Å². The highest BCUT2D eigenvalue weighted by atomic mass is 16.3. The maximum atomic E-state index is 9.49. The van der Waals surface area contributed by atoms with Gasteiger partial charge >= 0.3 is 0 Å². The molecule has 0 spiro atoms. The van der Waals surface area contributed by atoms with Crippen molar-refractivity contribution in [3.63, 3.8) is 0 Å². The largest absolute Gasteiger partial charge is 0.508 e. The smallest absolute Gasteiger partial charge is 0.116 e. The first kappa shape index (κ1) is 14.1. The topological polar surface area (TPSA) is 20.2 Å². The Hall–Kier alpha value is -0.980. The highest BCUT2D eigenvalue weighted by Gasteiger charge is 1.98. The summed E-state index contributed by atoms with van der Waals surface area (Å²) in [7, 11) is 0. The summed E-state index contributed by atoms with van der Waals surface area (Å²) in [6.45, 7) is 4.29. The van der Waals surface area contributed by atoms with E-state index in [0.717, 1.165) is 12.0 Å². The highest BCUT2D eigenvalue weighted by molar-refractivity contribution is 5.32. The molecule has 1 nitrogen and oxygen atoms in total. The Balaban J connectivity index is 2.13. The third kappa shape index (κ3) is 6.35. The lowest BCUT2D eigenvalue weighted by atomic mass is 10.0. The van der Waals surface area contributed by atoms with E-state index in [4.69, 9.17) is 0 Å². The van der Waals surface area contributed by atoms with Gasteiger partial charge in [0.2, 0.25) is 0 Å². The van der Waals surface area contributed by atoms with Crippen molar-refractivity contribution in [1.29, 1.82) is 0 Å². The van der Waals surface area contributed by atoms with Crippen LogP contribution in [0.5, 0.6) is 5.75 Å². The zero-order valence-electron chi connectivity index (χ0n) is 11.3. The fraction of sp³-hybridized carbons (Fsp3) is 0.625. The first-order valence-corrected chi connectivity index (χ1v) is 7.02. The van der Waals surface area contributed by atoms with E-state index in [1.54, 1.807) is 0 Å². The number of hydrogen-bond acceptors (Lipinski definition) is 1. The van der Waals surface area contributed by atoms with Gasteiger partial charge in [-0.3, -0.25) is 0 Å². The summed E-state index contributed by atoms with van der Waals surface area (Å²) in [6.07, 6.45) is 10.5. The van der Waals surface area contributed by atoms with Crippen molar-refractivity contribution in [3.05, 3.63) is 29.3 Å². The number of hydrogen-bond donors (Lipinski definition) is 1. The second-order valence-corrected chi connectivity index (χ2v) is 5.05. The summed E-state index contributed by atoms with van der Waals surface area (Å²) in [4.78, 5) is 0. The molecular formula is C16H26O. The van der Waals surface area contributed by atoms with Crippen LogP contribution in [0.4, 0.5) is 0 Å². The summed E-state index contributed by atoms with van der Waals surface area (Å²) < 4.78 is 0. The van der Waals surface area contributed by atoms with Crippen molar-refractivity contribution in [1.82, 2.24) is 0 Å². The molecule has 1 aromatic rings. The van der Waals surface area contributed by atoms with Crippen LogP contribution in [0.25, 0.3) is 0 Å². The molecular weight excluding hydrogens is 208 g/mol. The van der Waals surface area contributed by atoms with E-state index >= 15 is 0 Å². The predicted molar refractivity (Wildman–Crippen MR) is 74.5 cm³/mol. The number of rotatable bonds is 8. The second kappa shape index (κ2) is 8.16. The van der Waals surface area contributed by atoms with Gasteiger partial charge in [-0.15, -0.1) is 0 Å². The predicted octanol–water partition coefficient (Wildman–Crippen LogP) is 4.99. The lowest BCUT2D eigenvalue weighted by Gasteiger charge is -2.04. The van der Waals surface area contributed by atoms with Gasteiger partial charge in [0.25, 0.3) is 0 Å². The molecule has 0 aliphatic carbocycles. The monoisotopic (exact) mass is 234 g/mol. The van der Waals surface area contributed by atoms with Crippen molar-refractivity contribution in [2.45, 2.75) is 65.2 Å². The molecule has 1 rings (SSSR count). The maximum Gasteiger partial charge on any atom is 0.116 e. The molecule has 0 saturated heterocycles. The molecule has 0 aliphatic rings. The Kier molecular flexibility index (Phi) is 6.76. The molecule has 0 radical (unpaired) electrons. The Morgan fingerprint density at radius 2 is 1.53 bits per heavy atom. The first-order chi connectivity index (χ1) is 8.22. The molecule has 17 heavy (non-hydrogen) atoms. The van der Waals surface area contributed by atoms with Crippen molar-refractivity contribution >= 4 is 0 Å². The van der Waals surface area contributed by atoms with Crippen molar-refractivity contribution in [2.24, 2.45) is 0 Å². The van der Waals surface area contributed by atoms with Gasteiger partial charge in [-0.05, 0) is 43.0 Å².